The largest absolute Gasteiger partial charge is 0.355 e. The molecule has 0 aliphatic rings. The van der Waals surface area contributed by atoms with Crippen LogP contribution in [0.15, 0.2) is 71.7 Å². The number of benzene rings is 2. The molecule has 0 unspecified atom stereocenters. The molecule has 0 aliphatic heterocycles. The van der Waals surface area contributed by atoms with Gasteiger partial charge in [0.25, 0.3) is 0 Å². The molecule has 0 atom stereocenters. The van der Waals surface area contributed by atoms with Crippen LogP contribution in [0.1, 0.15) is 11.3 Å². The maximum absolute atomic E-state index is 4.07. The zero-order chi connectivity index (χ0) is 15.6. The fraction of sp³-hybridized carbons (Fsp3) is 0. The Morgan fingerprint density at radius 2 is 1.87 bits per heavy atom. The molecule has 4 aromatic rings. The van der Waals surface area contributed by atoms with E-state index in [2.05, 4.69) is 86.6 Å². The molecule has 0 fully saturated rings. The molecule has 3 nitrogen and oxygen atoms in total. The molecule has 0 bridgehead atoms. The summed E-state index contributed by atoms with van der Waals surface area (Å²) >= 11 is 3.50. The third-order valence-electron chi connectivity index (χ3n) is 3.76. The maximum atomic E-state index is 4.07. The molecule has 0 amide bonds. The van der Waals surface area contributed by atoms with Crippen LogP contribution < -0.4 is 0 Å². The van der Waals surface area contributed by atoms with E-state index in [9.17, 15) is 0 Å². The predicted octanol–water partition coefficient (Wildman–Crippen LogP) is 5.29. The molecule has 112 valence electrons. The van der Waals surface area contributed by atoms with Crippen molar-refractivity contribution in [1.29, 1.82) is 0 Å². The van der Waals surface area contributed by atoms with Crippen molar-refractivity contribution in [2.75, 3.05) is 0 Å². The number of aromatic amines is 1. The quantitative estimate of drug-likeness (QED) is 0.527. The highest BCUT2D eigenvalue weighted by atomic mass is 79.9. The van der Waals surface area contributed by atoms with Crippen LogP contribution in [0.2, 0.25) is 0 Å². The Kier molecular flexibility index (Phi) is 3.60. The molecule has 0 saturated carbocycles. The summed E-state index contributed by atoms with van der Waals surface area (Å²) in [5.74, 6) is 0. The van der Waals surface area contributed by atoms with Gasteiger partial charge in [0.05, 0.1) is 6.33 Å². The molecule has 2 aromatic heterocycles. The first-order chi connectivity index (χ1) is 11.3. The zero-order valence-corrected chi connectivity index (χ0v) is 13.9. The van der Waals surface area contributed by atoms with E-state index >= 15 is 0 Å². The minimum Gasteiger partial charge on any atom is -0.355 e. The van der Waals surface area contributed by atoms with Crippen LogP contribution >= 0.6 is 15.9 Å². The molecular formula is C19H14BrN3. The molecule has 0 spiro atoms. The molecule has 2 aromatic carbocycles. The third kappa shape index (κ3) is 2.98. The molecule has 4 heteroatoms. The standard InChI is InChI=1S/C19H14BrN3/c20-16-5-4-15-11-17(22-19(15)12-16)6-1-14-2-7-18(8-3-14)23-10-9-21-13-23/h1-13,22H/b6-1+. The normalized spacial score (nSPS) is 11.5. The molecule has 0 saturated heterocycles. The Balaban J connectivity index is 1.57. The molecule has 23 heavy (non-hydrogen) atoms. The van der Waals surface area contributed by atoms with Gasteiger partial charge in [-0.2, -0.15) is 0 Å². The van der Waals surface area contributed by atoms with E-state index in [-0.39, 0.29) is 0 Å². The van der Waals surface area contributed by atoms with E-state index in [0.717, 1.165) is 26.9 Å². The number of aromatic nitrogens is 3. The number of imidazole rings is 1. The Morgan fingerprint density at radius 3 is 2.65 bits per heavy atom. The number of rotatable bonds is 3. The monoisotopic (exact) mass is 363 g/mol. The van der Waals surface area contributed by atoms with E-state index in [1.807, 2.05) is 10.8 Å². The smallest absolute Gasteiger partial charge is 0.0991 e. The van der Waals surface area contributed by atoms with Gasteiger partial charge in [-0.05, 0) is 42.0 Å². The summed E-state index contributed by atoms with van der Waals surface area (Å²) in [5, 5.41) is 1.21. The Hall–Kier alpha value is -2.59. The predicted molar refractivity (Wildman–Crippen MR) is 98.5 cm³/mol. The second-order valence-electron chi connectivity index (χ2n) is 5.35. The third-order valence-corrected chi connectivity index (χ3v) is 4.25. The molecular weight excluding hydrogens is 350 g/mol. The average Bonchev–Trinajstić information content (AvgIpc) is 3.22. The van der Waals surface area contributed by atoms with E-state index < -0.39 is 0 Å². The summed E-state index contributed by atoms with van der Waals surface area (Å²) < 4.78 is 3.07. The van der Waals surface area contributed by atoms with Crippen molar-refractivity contribution >= 4 is 39.0 Å². The maximum Gasteiger partial charge on any atom is 0.0991 e. The number of fused-ring (bicyclic) bond motifs is 1. The molecule has 0 radical (unpaired) electrons. The van der Waals surface area contributed by atoms with Gasteiger partial charge in [0.1, 0.15) is 0 Å². The van der Waals surface area contributed by atoms with Crippen molar-refractivity contribution in [3.8, 4) is 5.69 Å². The number of nitrogens with zero attached hydrogens (tertiary/aromatic N) is 2. The van der Waals surface area contributed by atoms with Crippen LogP contribution in [0, 0.1) is 0 Å². The Morgan fingerprint density at radius 1 is 1.00 bits per heavy atom. The van der Waals surface area contributed by atoms with Gasteiger partial charge >= 0.3 is 0 Å². The number of H-pyrrole nitrogens is 1. The fourth-order valence-corrected chi connectivity index (χ4v) is 2.93. The van der Waals surface area contributed by atoms with Crippen molar-refractivity contribution in [3.05, 3.63) is 83.0 Å². The zero-order valence-electron chi connectivity index (χ0n) is 12.3. The SMILES string of the molecule is Brc1ccc2cc(/C=C/c3ccc(-n4ccnc4)cc3)[nH]c2c1. The fourth-order valence-electron chi connectivity index (χ4n) is 2.57. The lowest BCUT2D eigenvalue weighted by Crippen LogP contribution is -1.88. The summed E-state index contributed by atoms with van der Waals surface area (Å²) in [5.41, 5.74) is 4.50. The van der Waals surface area contributed by atoms with Gasteiger partial charge < -0.3 is 9.55 Å². The lowest BCUT2D eigenvalue weighted by atomic mass is 10.2. The van der Waals surface area contributed by atoms with E-state index in [4.69, 9.17) is 0 Å². The minimum atomic E-state index is 1.08. The summed E-state index contributed by atoms with van der Waals surface area (Å²) in [7, 11) is 0. The van der Waals surface area contributed by atoms with Crippen molar-refractivity contribution in [2.45, 2.75) is 0 Å². The number of nitrogens with one attached hydrogen (secondary N) is 1. The van der Waals surface area contributed by atoms with Crippen LogP contribution in [0.25, 0.3) is 28.7 Å². The first-order valence-electron chi connectivity index (χ1n) is 7.33. The van der Waals surface area contributed by atoms with E-state index in [1.54, 1.807) is 12.5 Å². The molecule has 2 heterocycles. The van der Waals surface area contributed by atoms with Crippen LogP contribution in [-0.2, 0) is 0 Å². The lowest BCUT2D eigenvalue weighted by Gasteiger charge is -2.01. The van der Waals surface area contributed by atoms with Crippen molar-refractivity contribution in [3.63, 3.8) is 0 Å². The topological polar surface area (TPSA) is 33.6 Å². The van der Waals surface area contributed by atoms with Crippen molar-refractivity contribution < 1.29 is 0 Å². The number of halogens is 1. The molecule has 4 rings (SSSR count). The van der Waals surface area contributed by atoms with Gasteiger partial charge in [0.15, 0.2) is 0 Å². The van der Waals surface area contributed by atoms with Gasteiger partial charge in [-0.15, -0.1) is 0 Å². The van der Waals surface area contributed by atoms with E-state index in [1.165, 1.54) is 5.39 Å². The first-order valence-corrected chi connectivity index (χ1v) is 8.12. The van der Waals surface area contributed by atoms with Crippen molar-refractivity contribution in [1.82, 2.24) is 14.5 Å². The second kappa shape index (κ2) is 5.89. The number of hydrogen-bond acceptors (Lipinski definition) is 1. The summed E-state index contributed by atoms with van der Waals surface area (Å²) in [6, 6.07) is 16.8. The van der Waals surface area contributed by atoms with Gasteiger partial charge in [0.2, 0.25) is 0 Å². The summed E-state index contributed by atoms with van der Waals surface area (Å²) in [4.78, 5) is 7.48. The Labute approximate surface area is 142 Å². The number of hydrogen-bond donors (Lipinski definition) is 1. The highest BCUT2D eigenvalue weighted by molar-refractivity contribution is 9.10. The van der Waals surface area contributed by atoms with Crippen LogP contribution in [0.3, 0.4) is 0 Å². The van der Waals surface area contributed by atoms with E-state index in [0.29, 0.717) is 0 Å². The van der Waals surface area contributed by atoms with Gasteiger partial charge in [-0.25, -0.2) is 4.98 Å². The molecule has 0 aliphatic carbocycles. The summed E-state index contributed by atoms with van der Waals surface area (Å²) in [6.45, 7) is 0. The van der Waals surface area contributed by atoms with Crippen LogP contribution in [0.4, 0.5) is 0 Å². The van der Waals surface area contributed by atoms with Crippen LogP contribution in [0.5, 0.6) is 0 Å². The second-order valence-corrected chi connectivity index (χ2v) is 6.27. The average molecular weight is 364 g/mol. The highest BCUT2D eigenvalue weighted by Crippen LogP contribution is 2.21. The molecule has 1 N–H and O–H groups in total. The minimum absolute atomic E-state index is 1.08. The van der Waals surface area contributed by atoms with Crippen molar-refractivity contribution in [2.24, 2.45) is 0 Å². The first kappa shape index (κ1) is 14.0. The van der Waals surface area contributed by atoms with Gasteiger partial charge in [-0.3, -0.25) is 0 Å². The highest BCUT2D eigenvalue weighted by Gasteiger charge is 1.99. The summed E-state index contributed by atoms with van der Waals surface area (Å²) in [6.07, 6.45) is 9.72. The van der Waals surface area contributed by atoms with Gasteiger partial charge in [0, 0.05) is 39.2 Å². The Bertz CT molecular complexity index is 964. The lowest BCUT2D eigenvalue weighted by molar-refractivity contribution is 1.06. The van der Waals surface area contributed by atoms with Gasteiger partial charge in [-0.1, -0.05) is 40.2 Å². The van der Waals surface area contributed by atoms with Crippen LogP contribution in [-0.4, -0.2) is 14.5 Å².